The van der Waals surface area contributed by atoms with Gasteiger partial charge in [0.2, 0.25) is 0 Å². The van der Waals surface area contributed by atoms with Gasteiger partial charge in [-0.2, -0.15) is 0 Å². The summed E-state index contributed by atoms with van der Waals surface area (Å²) in [4.78, 5) is 11.7. The van der Waals surface area contributed by atoms with E-state index in [1.54, 1.807) is 4.68 Å². The molecule has 0 saturated heterocycles. The summed E-state index contributed by atoms with van der Waals surface area (Å²) in [6, 6.07) is 0. The summed E-state index contributed by atoms with van der Waals surface area (Å²) in [5.41, 5.74) is 0.692. The number of halogens is 2. The Morgan fingerprint density at radius 2 is 2.13 bits per heavy atom. The number of hydrogen-bond donors (Lipinski definition) is 1. The average Bonchev–Trinajstić information content (AvgIpc) is 2.82. The molecule has 1 aliphatic carbocycles. The molecule has 15 heavy (non-hydrogen) atoms. The number of alkyl halides is 1. The van der Waals surface area contributed by atoms with E-state index in [2.05, 4.69) is 21.0 Å². The molecular weight excluding hydrogens is 279 g/mol. The van der Waals surface area contributed by atoms with Crippen molar-refractivity contribution in [3.8, 4) is 0 Å². The molecule has 0 bridgehead atoms. The van der Waals surface area contributed by atoms with Crippen LogP contribution in [-0.4, -0.2) is 9.78 Å². The zero-order chi connectivity index (χ0) is 10.8. The minimum absolute atomic E-state index is 0.0852. The van der Waals surface area contributed by atoms with Crippen LogP contribution < -0.4 is 5.56 Å². The maximum atomic E-state index is 11.7. The first kappa shape index (κ1) is 11.3. The summed E-state index contributed by atoms with van der Waals surface area (Å²) in [5.74, 6) is 0.639. The molecule has 1 aliphatic rings. The van der Waals surface area contributed by atoms with Crippen LogP contribution in [0.4, 0.5) is 0 Å². The van der Waals surface area contributed by atoms with E-state index < -0.39 is 0 Å². The Labute approximate surface area is 102 Å². The number of nitrogens with one attached hydrogen (secondary N) is 1. The molecule has 0 unspecified atom stereocenters. The standard InChI is InChI=1S/C10H14BrClN2O/c11-5-8-9(12)10(15)14(13-8)6-7-3-1-2-4-7/h7,13H,1-6H2. The molecule has 3 nitrogen and oxygen atoms in total. The highest BCUT2D eigenvalue weighted by molar-refractivity contribution is 9.08. The molecule has 1 aromatic heterocycles. The summed E-state index contributed by atoms with van der Waals surface area (Å²) < 4.78 is 1.65. The van der Waals surface area contributed by atoms with Crippen LogP contribution in [0.2, 0.25) is 5.02 Å². The molecule has 1 N–H and O–H groups in total. The minimum atomic E-state index is -0.0852. The van der Waals surface area contributed by atoms with Crippen molar-refractivity contribution >= 4 is 27.5 Å². The number of H-pyrrole nitrogens is 1. The second kappa shape index (κ2) is 4.74. The van der Waals surface area contributed by atoms with Crippen LogP contribution in [0.15, 0.2) is 4.79 Å². The van der Waals surface area contributed by atoms with Crippen molar-refractivity contribution in [3.63, 3.8) is 0 Å². The van der Waals surface area contributed by atoms with Gasteiger partial charge in [0.15, 0.2) is 0 Å². The summed E-state index contributed by atoms with van der Waals surface area (Å²) in [7, 11) is 0. The molecule has 1 fully saturated rings. The molecule has 84 valence electrons. The van der Waals surface area contributed by atoms with Gasteiger partial charge in [-0.15, -0.1) is 0 Å². The number of aromatic nitrogens is 2. The number of nitrogens with zero attached hydrogens (tertiary/aromatic N) is 1. The van der Waals surface area contributed by atoms with Crippen molar-refractivity contribution in [2.75, 3.05) is 0 Å². The van der Waals surface area contributed by atoms with Crippen LogP contribution >= 0.6 is 27.5 Å². The van der Waals surface area contributed by atoms with Gasteiger partial charge in [-0.1, -0.05) is 40.4 Å². The van der Waals surface area contributed by atoms with Crippen LogP contribution in [0, 0.1) is 5.92 Å². The maximum absolute atomic E-state index is 11.7. The molecule has 0 aliphatic heterocycles. The van der Waals surface area contributed by atoms with Crippen LogP contribution in [0.3, 0.4) is 0 Å². The fourth-order valence-electron chi connectivity index (χ4n) is 2.18. The fourth-order valence-corrected chi connectivity index (χ4v) is 2.96. The van der Waals surface area contributed by atoms with Gasteiger partial charge < -0.3 is 0 Å². The first-order valence-electron chi connectivity index (χ1n) is 5.25. The molecule has 2 rings (SSSR count). The third kappa shape index (κ3) is 2.31. The molecule has 0 amide bonds. The van der Waals surface area contributed by atoms with E-state index >= 15 is 0 Å². The first-order valence-corrected chi connectivity index (χ1v) is 6.75. The number of hydrogen-bond acceptors (Lipinski definition) is 1. The van der Waals surface area contributed by atoms with Gasteiger partial charge in [-0.3, -0.25) is 14.6 Å². The second-order valence-electron chi connectivity index (χ2n) is 4.10. The van der Waals surface area contributed by atoms with E-state index in [0.29, 0.717) is 16.3 Å². The topological polar surface area (TPSA) is 37.8 Å². The Bertz CT molecular complexity index is 393. The monoisotopic (exact) mass is 292 g/mol. The van der Waals surface area contributed by atoms with Gasteiger partial charge in [-0.25, -0.2) is 0 Å². The van der Waals surface area contributed by atoms with Crippen molar-refractivity contribution < 1.29 is 0 Å². The van der Waals surface area contributed by atoms with Crippen molar-refractivity contribution in [3.05, 3.63) is 21.1 Å². The predicted octanol–water partition coefficient (Wildman–Crippen LogP) is 2.91. The Kier molecular flexibility index (Phi) is 3.57. The van der Waals surface area contributed by atoms with Crippen molar-refractivity contribution in [1.82, 2.24) is 9.78 Å². The van der Waals surface area contributed by atoms with E-state index in [1.807, 2.05) is 0 Å². The number of rotatable bonds is 3. The average molecular weight is 294 g/mol. The van der Waals surface area contributed by atoms with Gasteiger partial charge in [0.05, 0.1) is 5.69 Å². The van der Waals surface area contributed by atoms with Crippen molar-refractivity contribution in [1.29, 1.82) is 0 Å². The van der Waals surface area contributed by atoms with E-state index in [-0.39, 0.29) is 5.56 Å². The normalized spacial score (nSPS) is 17.5. The summed E-state index contributed by atoms with van der Waals surface area (Å²) in [5, 5.41) is 3.97. The molecule has 0 radical (unpaired) electrons. The Hall–Kier alpha value is -0.220. The molecule has 0 aromatic carbocycles. The van der Waals surface area contributed by atoms with Crippen molar-refractivity contribution in [2.45, 2.75) is 37.6 Å². The molecule has 1 aromatic rings. The highest BCUT2D eigenvalue weighted by Gasteiger charge is 2.18. The molecule has 1 saturated carbocycles. The van der Waals surface area contributed by atoms with Crippen LogP contribution in [0.1, 0.15) is 31.4 Å². The third-order valence-electron chi connectivity index (χ3n) is 3.02. The van der Waals surface area contributed by atoms with Gasteiger partial charge in [0, 0.05) is 11.9 Å². The first-order chi connectivity index (χ1) is 7.22. The lowest BCUT2D eigenvalue weighted by Crippen LogP contribution is -2.20. The SMILES string of the molecule is O=c1c(Cl)c(CBr)[nH]n1CC1CCCC1. The Balaban J connectivity index is 2.17. The lowest BCUT2D eigenvalue weighted by atomic mass is 10.1. The van der Waals surface area contributed by atoms with E-state index in [9.17, 15) is 4.79 Å². The molecule has 1 heterocycles. The summed E-state index contributed by atoms with van der Waals surface area (Å²) in [6.07, 6.45) is 5.04. The lowest BCUT2D eigenvalue weighted by Gasteiger charge is -2.08. The van der Waals surface area contributed by atoms with Gasteiger partial charge in [0.25, 0.3) is 5.56 Å². The summed E-state index contributed by atoms with van der Waals surface area (Å²) >= 11 is 9.21. The zero-order valence-corrected chi connectivity index (χ0v) is 10.8. The van der Waals surface area contributed by atoms with E-state index in [4.69, 9.17) is 11.6 Å². The second-order valence-corrected chi connectivity index (χ2v) is 5.04. The predicted molar refractivity (Wildman–Crippen MR) is 64.7 cm³/mol. The lowest BCUT2D eigenvalue weighted by molar-refractivity contribution is 0.420. The number of aromatic amines is 1. The summed E-state index contributed by atoms with van der Waals surface area (Å²) in [6.45, 7) is 0.783. The molecular formula is C10H14BrClN2O. The van der Waals surface area contributed by atoms with Crippen LogP contribution in [0.5, 0.6) is 0 Å². The highest BCUT2D eigenvalue weighted by atomic mass is 79.9. The quantitative estimate of drug-likeness (QED) is 0.855. The van der Waals surface area contributed by atoms with E-state index in [0.717, 1.165) is 12.2 Å². The fraction of sp³-hybridized carbons (Fsp3) is 0.700. The van der Waals surface area contributed by atoms with E-state index in [1.165, 1.54) is 25.7 Å². The van der Waals surface area contributed by atoms with Crippen molar-refractivity contribution in [2.24, 2.45) is 5.92 Å². The van der Waals surface area contributed by atoms with Gasteiger partial charge >= 0.3 is 0 Å². The largest absolute Gasteiger partial charge is 0.297 e. The van der Waals surface area contributed by atoms with Crippen LogP contribution in [-0.2, 0) is 11.9 Å². The Morgan fingerprint density at radius 3 is 2.67 bits per heavy atom. The maximum Gasteiger partial charge on any atom is 0.285 e. The molecule has 0 spiro atoms. The highest BCUT2D eigenvalue weighted by Crippen LogP contribution is 2.26. The smallest absolute Gasteiger partial charge is 0.285 e. The Morgan fingerprint density at radius 1 is 1.47 bits per heavy atom. The molecule has 0 atom stereocenters. The van der Waals surface area contributed by atoms with Crippen LogP contribution in [0.25, 0.3) is 0 Å². The third-order valence-corrected chi connectivity index (χ3v) is 3.97. The minimum Gasteiger partial charge on any atom is -0.297 e. The van der Waals surface area contributed by atoms with Gasteiger partial charge in [0.1, 0.15) is 5.02 Å². The van der Waals surface area contributed by atoms with Gasteiger partial charge in [-0.05, 0) is 18.8 Å². The zero-order valence-electron chi connectivity index (χ0n) is 8.43. The molecule has 5 heteroatoms.